The first-order valence-electron chi connectivity index (χ1n) is 2.84. The molecule has 0 atom stereocenters. The molecule has 0 amide bonds. The van der Waals surface area contributed by atoms with Crippen molar-refractivity contribution in [2.24, 2.45) is 0 Å². The van der Waals surface area contributed by atoms with Crippen LogP contribution in [0.3, 0.4) is 0 Å². The van der Waals surface area contributed by atoms with Gasteiger partial charge in [-0.05, 0) is 12.1 Å². The van der Waals surface area contributed by atoms with E-state index in [0.717, 1.165) is 6.07 Å². The molecular weight excluding hydrogens is 193 g/mol. The molecule has 0 spiro atoms. The van der Waals surface area contributed by atoms with Gasteiger partial charge in [0.2, 0.25) is 0 Å². The van der Waals surface area contributed by atoms with Gasteiger partial charge in [0.15, 0.2) is 0 Å². The van der Waals surface area contributed by atoms with Gasteiger partial charge in [0.1, 0.15) is 12.5 Å². The van der Waals surface area contributed by atoms with Crippen LogP contribution in [0.1, 0.15) is 5.56 Å². The third-order valence-electron chi connectivity index (χ3n) is 1.23. The highest BCUT2D eigenvalue weighted by atomic mass is 35.5. The average Bonchev–Trinajstić information content (AvgIpc) is 1.97. The third-order valence-corrected chi connectivity index (χ3v) is 1.87. The van der Waals surface area contributed by atoms with Crippen LogP contribution in [0.2, 0.25) is 10.0 Å². The quantitative estimate of drug-likeness (QED) is 0.603. The van der Waals surface area contributed by atoms with Gasteiger partial charge >= 0.3 is 0 Å². The van der Waals surface area contributed by atoms with Crippen molar-refractivity contribution in [3.05, 3.63) is 33.6 Å². The number of halogens is 4. The Morgan fingerprint density at radius 2 is 1.82 bits per heavy atom. The molecule has 0 radical (unpaired) electrons. The molecule has 0 N–H and O–H groups in total. The van der Waals surface area contributed by atoms with Gasteiger partial charge in [0, 0.05) is 10.6 Å². The second-order valence-electron chi connectivity index (χ2n) is 1.99. The fourth-order valence-corrected chi connectivity index (χ4v) is 1.05. The highest BCUT2D eigenvalue weighted by molar-refractivity contribution is 6.33. The maximum Gasteiger partial charge on any atom is 0.143 e. The lowest BCUT2D eigenvalue weighted by Gasteiger charge is -1.99. The van der Waals surface area contributed by atoms with Crippen LogP contribution < -0.4 is 0 Å². The first kappa shape index (κ1) is 8.75. The summed E-state index contributed by atoms with van der Waals surface area (Å²) in [5.41, 5.74) is 0.207. The smallest absolute Gasteiger partial charge is 0.143 e. The summed E-state index contributed by atoms with van der Waals surface area (Å²) in [5, 5.41) is -0.0450. The van der Waals surface area contributed by atoms with Crippen molar-refractivity contribution in [2.45, 2.75) is 6.67 Å². The first-order chi connectivity index (χ1) is 5.15. The highest BCUT2D eigenvalue weighted by Gasteiger charge is 2.05. The molecular formula is C7H4Cl2F2. The van der Waals surface area contributed by atoms with E-state index in [2.05, 4.69) is 0 Å². The monoisotopic (exact) mass is 196 g/mol. The van der Waals surface area contributed by atoms with Crippen LogP contribution in [-0.4, -0.2) is 0 Å². The topological polar surface area (TPSA) is 0 Å². The van der Waals surface area contributed by atoms with Gasteiger partial charge < -0.3 is 0 Å². The maximum atomic E-state index is 12.6. The van der Waals surface area contributed by atoms with Crippen LogP contribution >= 0.6 is 23.2 Å². The van der Waals surface area contributed by atoms with Gasteiger partial charge in [-0.1, -0.05) is 23.2 Å². The summed E-state index contributed by atoms with van der Waals surface area (Å²) in [6.07, 6.45) is 0. The zero-order valence-electron chi connectivity index (χ0n) is 5.37. The lowest BCUT2D eigenvalue weighted by atomic mass is 10.2. The number of rotatable bonds is 1. The number of benzene rings is 1. The van der Waals surface area contributed by atoms with E-state index in [4.69, 9.17) is 23.2 Å². The van der Waals surface area contributed by atoms with E-state index < -0.39 is 12.5 Å². The van der Waals surface area contributed by atoms with Crippen molar-refractivity contribution < 1.29 is 8.78 Å². The van der Waals surface area contributed by atoms with Crippen molar-refractivity contribution in [1.29, 1.82) is 0 Å². The summed E-state index contributed by atoms with van der Waals surface area (Å²) in [7, 11) is 0. The fraction of sp³-hybridized carbons (Fsp3) is 0.143. The predicted octanol–water partition coefficient (Wildman–Crippen LogP) is 3.60. The zero-order valence-corrected chi connectivity index (χ0v) is 6.89. The standard InChI is InChI=1S/C7H4Cl2F2/c8-5-2-7(11)6(9)1-4(5)3-10/h1-2H,3H2. The molecule has 60 valence electrons. The van der Waals surface area contributed by atoms with E-state index in [1.807, 2.05) is 0 Å². The van der Waals surface area contributed by atoms with E-state index in [9.17, 15) is 8.78 Å². The summed E-state index contributed by atoms with van der Waals surface area (Å²) in [4.78, 5) is 0. The number of alkyl halides is 1. The third kappa shape index (κ3) is 1.82. The lowest BCUT2D eigenvalue weighted by molar-refractivity contribution is 0.484. The summed E-state index contributed by atoms with van der Waals surface area (Å²) in [6, 6.07) is 2.18. The maximum absolute atomic E-state index is 12.6. The SMILES string of the molecule is FCc1cc(Cl)c(F)cc1Cl. The van der Waals surface area contributed by atoms with Crippen molar-refractivity contribution in [3.63, 3.8) is 0 Å². The van der Waals surface area contributed by atoms with Crippen molar-refractivity contribution >= 4 is 23.2 Å². The van der Waals surface area contributed by atoms with E-state index in [1.54, 1.807) is 0 Å². The van der Waals surface area contributed by atoms with E-state index in [-0.39, 0.29) is 15.6 Å². The van der Waals surface area contributed by atoms with Gasteiger partial charge in [-0.3, -0.25) is 0 Å². The summed E-state index contributed by atoms with van der Waals surface area (Å²) < 4.78 is 24.6. The second-order valence-corrected chi connectivity index (χ2v) is 2.81. The molecule has 0 aliphatic carbocycles. The molecule has 1 aromatic rings. The van der Waals surface area contributed by atoms with Crippen molar-refractivity contribution in [3.8, 4) is 0 Å². The molecule has 0 saturated heterocycles. The molecule has 0 saturated carbocycles. The van der Waals surface area contributed by atoms with Crippen LogP contribution in [0.5, 0.6) is 0 Å². The van der Waals surface area contributed by atoms with Gasteiger partial charge in [0.25, 0.3) is 0 Å². The Labute approximate surface area is 72.7 Å². The fourth-order valence-electron chi connectivity index (χ4n) is 0.666. The molecule has 4 heteroatoms. The van der Waals surface area contributed by atoms with Gasteiger partial charge in [0.05, 0.1) is 5.02 Å². The molecule has 1 aromatic carbocycles. The molecule has 11 heavy (non-hydrogen) atoms. The molecule has 0 unspecified atom stereocenters. The molecule has 0 aliphatic rings. The molecule has 0 aromatic heterocycles. The Hall–Kier alpha value is -0.340. The summed E-state index contributed by atoms with van der Waals surface area (Å²) in [5.74, 6) is -0.631. The largest absolute Gasteiger partial charge is 0.246 e. The van der Waals surface area contributed by atoms with Crippen LogP contribution in [0.4, 0.5) is 8.78 Å². The zero-order chi connectivity index (χ0) is 8.43. The summed E-state index contributed by atoms with van der Waals surface area (Å²) in [6.45, 7) is -0.737. The molecule has 0 aliphatic heterocycles. The molecule has 1 rings (SSSR count). The van der Waals surface area contributed by atoms with E-state index >= 15 is 0 Å². The Bertz CT molecular complexity index is 273. The van der Waals surface area contributed by atoms with Crippen molar-refractivity contribution in [1.82, 2.24) is 0 Å². The minimum absolute atomic E-state index is 0.0643. The predicted molar refractivity (Wildman–Crippen MR) is 41.2 cm³/mol. The van der Waals surface area contributed by atoms with E-state index in [1.165, 1.54) is 6.07 Å². The average molecular weight is 197 g/mol. The van der Waals surface area contributed by atoms with Gasteiger partial charge in [-0.15, -0.1) is 0 Å². The Kier molecular flexibility index (Phi) is 2.68. The van der Waals surface area contributed by atoms with Crippen LogP contribution in [0.15, 0.2) is 12.1 Å². The van der Waals surface area contributed by atoms with Crippen molar-refractivity contribution in [2.75, 3.05) is 0 Å². The second kappa shape index (κ2) is 3.37. The van der Waals surface area contributed by atoms with Crippen LogP contribution in [-0.2, 0) is 6.67 Å². The number of hydrogen-bond donors (Lipinski definition) is 0. The Morgan fingerprint density at radius 3 is 2.36 bits per heavy atom. The molecule has 0 nitrogen and oxygen atoms in total. The highest BCUT2D eigenvalue weighted by Crippen LogP contribution is 2.24. The molecule has 0 heterocycles. The number of hydrogen-bond acceptors (Lipinski definition) is 0. The van der Waals surface area contributed by atoms with E-state index in [0.29, 0.717) is 0 Å². The first-order valence-corrected chi connectivity index (χ1v) is 3.60. The van der Waals surface area contributed by atoms with Crippen LogP contribution in [0, 0.1) is 5.82 Å². The summed E-state index contributed by atoms with van der Waals surface area (Å²) >= 11 is 10.8. The lowest BCUT2D eigenvalue weighted by Crippen LogP contribution is -1.84. The normalized spacial score (nSPS) is 10.2. The van der Waals surface area contributed by atoms with Crippen LogP contribution in [0.25, 0.3) is 0 Å². The van der Waals surface area contributed by atoms with Gasteiger partial charge in [-0.25, -0.2) is 8.78 Å². The minimum atomic E-state index is -0.737. The Balaban J connectivity index is 3.21. The Morgan fingerprint density at radius 1 is 1.18 bits per heavy atom. The molecule has 0 bridgehead atoms. The minimum Gasteiger partial charge on any atom is -0.246 e. The van der Waals surface area contributed by atoms with Gasteiger partial charge in [-0.2, -0.15) is 0 Å². The molecule has 0 fully saturated rings.